The lowest BCUT2D eigenvalue weighted by Crippen LogP contribution is -2.45. The average molecular weight is 393 g/mol. The summed E-state index contributed by atoms with van der Waals surface area (Å²) >= 11 is 0. The molecule has 6 heteroatoms. The summed E-state index contributed by atoms with van der Waals surface area (Å²) in [6.07, 6.45) is 4.00. The largest absolute Gasteiger partial charge is 0.361 e. The van der Waals surface area contributed by atoms with Crippen LogP contribution in [0, 0.1) is 11.7 Å². The van der Waals surface area contributed by atoms with Gasteiger partial charge in [0.25, 0.3) is 5.91 Å². The number of benzene rings is 2. The van der Waals surface area contributed by atoms with Gasteiger partial charge in [-0.2, -0.15) is 0 Å². The molecule has 2 aromatic carbocycles. The number of nitrogens with one attached hydrogen (secondary N) is 2. The summed E-state index contributed by atoms with van der Waals surface area (Å²) in [4.78, 5) is 30.4. The van der Waals surface area contributed by atoms with E-state index in [1.165, 1.54) is 12.1 Å². The van der Waals surface area contributed by atoms with Crippen LogP contribution in [0.2, 0.25) is 0 Å². The highest BCUT2D eigenvalue weighted by Gasteiger charge is 2.28. The molecule has 1 aliphatic heterocycles. The minimum absolute atomic E-state index is 0.0428. The van der Waals surface area contributed by atoms with E-state index in [0.717, 1.165) is 29.3 Å². The van der Waals surface area contributed by atoms with E-state index in [-0.39, 0.29) is 23.5 Å². The summed E-state index contributed by atoms with van der Waals surface area (Å²) in [5.41, 5.74) is 2.41. The molecule has 1 aromatic heterocycles. The number of H-pyrrole nitrogens is 1. The summed E-state index contributed by atoms with van der Waals surface area (Å²) in [6.45, 7) is 1.54. The summed E-state index contributed by atoms with van der Waals surface area (Å²) in [5, 5.41) is 4.00. The molecule has 0 unspecified atom stereocenters. The van der Waals surface area contributed by atoms with Crippen LogP contribution in [0.3, 0.4) is 0 Å². The molecule has 0 spiro atoms. The van der Waals surface area contributed by atoms with E-state index in [1.54, 1.807) is 11.0 Å². The lowest BCUT2D eigenvalue weighted by molar-refractivity contribution is -0.126. The molecule has 1 saturated heterocycles. The van der Waals surface area contributed by atoms with Gasteiger partial charge >= 0.3 is 0 Å². The van der Waals surface area contributed by atoms with Crippen molar-refractivity contribution in [3.05, 3.63) is 71.7 Å². The fourth-order valence-electron chi connectivity index (χ4n) is 3.91. The smallest absolute Gasteiger partial charge is 0.253 e. The van der Waals surface area contributed by atoms with Crippen LogP contribution in [-0.2, 0) is 11.2 Å². The number of rotatable bonds is 5. The molecule has 0 bridgehead atoms. The quantitative estimate of drug-likeness (QED) is 0.697. The van der Waals surface area contributed by atoms with Crippen LogP contribution in [0.1, 0.15) is 28.8 Å². The van der Waals surface area contributed by atoms with Crippen LogP contribution in [0.15, 0.2) is 54.7 Å². The maximum atomic E-state index is 13.2. The molecule has 5 nitrogen and oxygen atoms in total. The highest BCUT2D eigenvalue weighted by atomic mass is 19.1. The minimum Gasteiger partial charge on any atom is -0.361 e. The second-order valence-electron chi connectivity index (χ2n) is 7.54. The van der Waals surface area contributed by atoms with Gasteiger partial charge in [-0.05, 0) is 60.5 Å². The minimum atomic E-state index is -0.271. The molecular formula is C23H24FN3O2. The normalized spacial score (nSPS) is 16.7. The molecule has 4 rings (SSSR count). The molecule has 0 aliphatic carbocycles. The Bertz CT molecular complexity index is 1030. The zero-order valence-corrected chi connectivity index (χ0v) is 16.2. The maximum Gasteiger partial charge on any atom is 0.253 e. The van der Waals surface area contributed by atoms with E-state index in [0.29, 0.717) is 31.6 Å². The second-order valence-corrected chi connectivity index (χ2v) is 7.54. The summed E-state index contributed by atoms with van der Waals surface area (Å²) in [5.74, 6) is -0.570. The van der Waals surface area contributed by atoms with Crippen molar-refractivity contribution in [2.75, 3.05) is 19.6 Å². The van der Waals surface area contributed by atoms with Gasteiger partial charge in [0, 0.05) is 36.9 Å². The number of aromatic nitrogens is 1. The predicted octanol–water partition coefficient (Wildman–Crippen LogP) is 3.52. The SMILES string of the molecule is O=C(NCCc1cccc(F)c1)[C@@H]1CCCN(C(=O)c2ccc3cc[nH]c3c2)C1. The molecule has 2 amide bonds. The van der Waals surface area contributed by atoms with E-state index in [9.17, 15) is 14.0 Å². The fourth-order valence-corrected chi connectivity index (χ4v) is 3.91. The third kappa shape index (κ3) is 4.47. The highest BCUT2D eigenvalue weighted by molar-refractivity contribution is 5.98. The lowest BCUT2D eigenvalue weighted by atomic mass is 9.96. The monoisotopic (exact) mass is 393 g/mol. The van der Waals surface area contributed by atoms with E-state index < -0.39 is 0 Å². The first-order valence-electron chi connectivity index (χ1n) is 9.99. The van der Waals surface area contributed by atoms with E-state index in [4.69, 9.17) is 0 Å². The molecular weight excluding hydrogens is 369 g/mol. The molecule has 2 N–H and O–H groups in total. The zero-order chi connectivity index (χ0) is 20.2. The molecule has 3 aromatic rings. The van der Waals surface area contributed by atoms with Crippen LogP contribution < -0.4 is 5.32 Å². The molecule has 29 heavy (non-hydrogen) atoms. The van der Waals surface area contributed by atoms with Crippen LogP contribution in [0.25, 0.3) is 10.9 Å². The van der Waals surface area contributed by atoms with Crippen LogP contribution in [-0.4, -0.2) is 41.3 Å². The van der Waals surface area contributed by atoms with Crippen molar-refractivity contribution < 1.29 is 14.0 Å². The number of nitrogens with zero attached hydrogens (tertiary/aromatic N) is 1. The van der Waals surface area contributed by atoms with Crippen LogP contribution in [0.5, 0.6) is 0 Å². The summed E-state index contributed by atoms with van der Waals surface area (Å²) < 4.78 is 13.2. The van der Waals surface area contributed by atoms with Gasteiger partial charge in [0.15, 0.2) is 0 Å². The van der Waals surface area contributed by atoms with Gasteiger partial charge in [0.2, 0.25) is 5.91 Å². The maximum absolute atomic E-state index is 13.2. The van der Waals surface area contributed by atoms with Crippen molar-refractivity contribution in [2.24, 2.45) is 5.92 Å². The Morgan fingerprint density at radius 3 is 2.93 bits per heavy atom. The Morgan fingerprint density at radius 2 is 2.07 bits per heavy atom. The third-order valence-electron chi connectivity index (χ3n) is 5.48. The second kappa shape index (κ2) is 8.47. The predicted molar refractivity (Wildman–Crippen MR) is 110 cm³/mol. The molecule has 1 atom stereocenters. The standard InChI is InChI=1S/C23H24FN3O2/c24-20-5-1-3-16(13-20)8-10-26-22(28)19-4-2-12-27(15-19)23(29)18-7-6-17-9-11-25-21(17)14-18/h1,3,5-7,9,11,13-14,19,25H,2,4,8,10,12,15H2,(H,26,28)/t19-/m1/s1. The fraction of sp³-hybridized carbons (Fsp3) is 0.304. The molecule has 1 fully saturated rings. The lowest BCUT2D eigenvalue weighted by Gasteiger charge is -2.32. The molecule has 2 heterocycles. The van der Waals surface area contributed by atoms with Crippen molar-refractivity contribution in [3.63, 3.8) is 0 Å². The van der Waals surface area contributed by atoms with E-state index in [2.05, 4.69) is 10.3 Å². The van der Waals surface area contributed by atoms with E-state index in [1.807, 2.05) is 36.5 Å². The van der Waals surface area contributed by atoms with Crippen molar-refractivity contribution in [1.82, 2.24) is 15.2 Å². The Hall–Kier alpha value is -3.15. The molecule has 0 saturated carbocycles. The van der Waals surface area contributed by atoms with Crippen LogP contribution in [0.4, 0.5) is 4.39 Å². The number of hydrogen-bond donors (Lipinski definition) is 2. The number of carbonyl (C=O) groups excluding carboxylic acids is 2. The van der Waals surface area contributed by atoms with Gasteiger partial charge < -0.3 is 15.2 Å². The first kappa shape index (κ1) is 19.2. The number of halogens is 1. The third-order valence-corrected chi connectivity index (χ3v) is 5.48. The number of amides is 2. The number of carbonyl (C=O) groups is 2. The number of piperidine rings is 1. The van der Waals surface area contributed by atoms with Crippen molar-refractivity contribution in [1.29, 1.82) is 0 Å². The Morgan fingerprint density at radius 1 is 1.17 bits per heavy atom. The zero-order valence-electron chi connectivity index (χ0n) is 16.2. The van der Waals surface area contributed by atoms with Gasteiger partial charge in [0.1, 0.15) is 5.82 Å². The first-order valence-corrected chi connectivity index (χ1v) is 9.99. The Labute approximate surface area is 168 Å². The van der Waals surface area contributed by atoms with E-state index >= 15 is 0 Å². The Balaban J connectivity index is 1.33. The van der Waals surface area contributed by atoms with Gasteiger partial charge in [-0.1, -0.05) is 18.2 Å². The number of aromatic amines is 1. The number of likely N-dealkylation sites (tertiary alicyclic amines) is 1. The molecule has 150 valence electrons. The summed E-state index contributed by atoms with van der Waals surface area (Å²) in [6, 6.07) is 14.0. The van der Waals surface area contributed by atoms with Gasteiger partial charge in [-0.3, -0.25) is 9.59 Å². The highest BCUT2D eigenvalue weighted by Crippen LogP contribution is 2.21. The first-order chi connectivity index (χ1) is 14.1. The average Bonchev–Trinajstić information content (AvgIpc) is 3.21. The van der Waals surface area contributed by atoms with Crippen molar-refractivity contribution in [2.45, 2.75) is 19.3 Å². The number of fused-ring (bicyclic) bond motifs is 1. The van der Waals surface area contributed by atoms with Gasteiger partial charge in [-0.25, -0.2) is 4.39 Å². The van der Waals surface area contributed by atoms with Gasteiger partial charge in [-0.15, -0.1) is 0 Å². The topological polar surface area (TPSA) is 65.2 Å². The Kier molecular flexibility index (Phi) is 5.60. The van der Waals surface area contributed by atoms with Crippen molar-refractivity contribution in [3.8, 4) is 0 Å². The number of hydrogen-bond acceptors (Lipinski definition) is 2. The van der Waals surface area contributed by atoms with Crippen molar-refractivity contribution >= 4 is 22.7 Å². The molecule has 1 aliphatic rings. The van der Waals surface area contributed by atoms with Crippen LogP contribution >= 0.6 is 0 Å². The summed E-state index contributed by atoms with van der Waals surface area (Å²) in [7, 11) is 0. The molecule has 0 radical (unpaired) electrons. The van der Waals surface area contributed by atoms with Gasteiger partial charge in [0.05, 0.1) is 5.92 Å².